The molecule has 1 aliphatic heterocycles. The van der Waals surface area contributed by atoms with Crippen LogP contribution in [0.3, 0.4) is 0 Å². The van der Waals surface area contributed by atoms with Crippen molar-refractivity contribution in [3.63, 3.8) is 0 Å². The van der Waals surface area contributed by atoms with E-state index >= 15 is 0 Å². The summed E-state index contributed by atoms with van der Waals surface area (Å²) in [6.07, 6.45) is 1.06. The third kappa shape index (κ3) is 5.81. The van der Waals surface area contributed by atoms with Gasteiger partial charge in [-0.15, -0.1) is 0 Å². The highest BCUT2D eigenvalue weighted by Gasteiger charge is 2.20. The van der Waals surface area contributed by atoms with Crippen molar-refractivity contribution in [1.29, 1.82) is 0 Å². The lowest BCUT2D eigenvalue weighted by atomic mass is 10.1. The van der Waals surface area contributed by atoms with E-state index in [-0.39, 0.29) is 6.03 Å². The van der Waals surface area contributed by atoms with Gasteiger partial charge in [-0.2, -0.15) is 0 Å². The van der Waals surface area contributed by atoms with E-state index in [1.54, 1.807) is 7.11 Å². The lowest BCUT2D eigenvalue weighted by Gasteiger charge is -2.34. The quantitative estimate of drug-likeness (QED) is 0.818. The van der Waals surface area contributed by atoms with Gasteiger partial charge < -0.3 is 15.0 Å². The van der Waals surface area contributed by atoms with E-state index in [9.17, 15) is 4.79 Å². The molecule has 1 heterocycles. The minimum Gasteiger partial charge on any atom is -0.380 e. The molecule has 0 atom stereocenters. The summed E-state index contributed by atoms with van der Waals surface area (Å²) in [6, 6.07) is 18.6. The molecule has 2 amide bonds. The fourth-order valence-corrected chi connectivity index (χ4v) is 3.42. The molecular formula is C22H29N3O2. The molecule has 1 aliphatic rings. The Morgan fingerprint density at radius 3 is 2.33 bits per heavy atom. The third-order valence-corrected chi connectivity index (χ3v) is 5.07. The first-order valence-corrected chi connectivity index (χ1v) is 9.61. The normalized spacial score (nSPS) is 14.9. The number of nitrogens with zero attached hydrogens (tertiary/aromatic N) is 2. The Morgan fingerprint density at radius 1 is 0.963 bits per heavy atom. The Morgan fingerprint density at radius 2 is 1.63 bits per heavy atom. The topological polar surface area (TPSA) is 44.8 Å². The minimum absolute atomic E-state index is 0.0185. The highest BCUT2D eigenvalue weighted by molar-refractivity contribution is 5.74. The fourth-order valence-electron chi connectivity index (χ4n) is 3.42. The number of carbonyl (C=O) groups is 1. The first-order valence-electron chi connectivity index (χ1n) is 9.61. The van der Waals surface area contributed by atoms with Gasteiger partial charge >= 0.3 is 6.03 Å². The minimum atomic E-state index is 0.0185. The van der Waals surface area contributed by atoms with Crippen LogP contribution in [0.2, 0.25) is 0 Å². The van der Waals surface area contributed by atoms with Crippen LogP contribution in [-0.2, 0) is 24.3 Å². The van der Waals surface area contributed by atoms with Gasteiger partial charge in [0.2, 0.25) is 0 Å². The summed E-state index contributed by atoms with van der Waals surface area (Å²) >= 11 is 0. The van der Waals surface area contributed by atoms with Crippen LogP contribution in [0.25, 0.3) is 0 Å². The Balaban J connectivity index is 1.41. The molecule has 144 valence electrons. The number of carbonyl (C=O) groups excluding carboxylic acids is 1. The van der Waals surface area contributed by atoms with E-state index in [1.165, 1.54) is 5.56 Å². The number of rotatable bonds is 7. The average Bonchev–Trinajstić information content (AvgIpc) is 2.73. The molecule has 2 aromatic carbocycles. The van der Waals surface area contributed by atoms with E-state index in [2.05, 4.69) is 40.5 Å². The molecule has 0 aromatic heterocycles. The molecule has 0 radical (unpaired) electrons. The van der Waals surface area contributed by atoms with Crippen LogP contribution >= 0.6 is 0 Å². The smallest absolute Gasteiger partial charge is 0.317 e. The lowest BCUT2D eigenvalue weighted by Crippen LogP contribution is -2.51. The summed E-state index contributed by atoms with van der Waals surface area (Å²) in [5, 5.41) is 3.05. The first kappa shape index (κ1) is 19.4. The summed E-state index contributed by atoms with van der Waals surface area (Å²) in [5.74, 6) is 0. The molecule has 27 heavy (non-hydrogen) atoms. The van der Waals surface area contributed by atoms with Gasteiger partial charge in [0.05, 0.1) is 6.61 Å². The molecule has 0 saturated carbocycles. The van der Waals surface area contributed by atoms with Gasteiger partial charge in [0.1, 0.15) is 0 Å². The van der Waals surface area contributed by atoms with Gasteiger partial charge in [0.25, 0.3) is 0 Å². The van der Waals surface area contributed by atoms with Crippen LogP contribution in [0.5, 0.6) is 0 Å². The molecule has 3 rings (SSSR count). The van der Waals surface area contributed by atoms with Crippen LogP contribution in [0.15, 0.2) is 54.6 Å². The van der Waals surface area contributed by atoms with Crippen LogP contribution in [0, 0.1) is 0 Å². The highest BCUT2D eigenvalue weighted by atomic mass is 16.5. The van der Waals surface area contributed by atoms with Crippen molar-refractivity contribution in [3.8, 4) is 0 Å². The predicted octanol–water partition coefficient (Wildman–Crippen LogP) is 2.90. The summed E-state index contributed by atoms with van der Waals surface area (Å²) in [5.41, 5.74) is 3.59. The Bertz CT molecular complexity index is 713. The summed E-state index contributed by atoms with van der Waals surface area (Å²) in [4.78, 5) is 16.8. The summed E-state index contributed by atoms with van der Waals surface area (Å²) in [7, 11) is 1.69. The van der Waals surface area contributed by atoms with Gasteiger partial charge in [-0.05, 0) is 23.1 Å². The molecule has 0 aliphatic carbocycles. The van der Waals surface area contributed by atoms with Gasteiger partial charge in [0.15, 0.2) is 0 Å². The molecule has 0 spiro atoms. The number of amides is 2. The van der Waals surface area contributed by atoms with Crippen molar-refractivity contribution in [2.24, 2.45) is 0 Å². The Kier molecular flexibility index (Phi) is 7.25. The monoisotopic (exact) mass is 367 g/mol. The molecule has 5 heteroatoms. The van der Waals surface area contributed by atoms with Crippen LogP contribution < -0.4 is 5.32 Å². The fraction of sp³-hybridized carbons (Fsp3) is 0.409. The highest BCUT2D eigenvalue weighted by Crippen LogP contribution is 2.10. The second kappa shape index (κ2) is 10.1. The first-order chi connectivity index (χ1) is 13.3. The van der Waals surface area contributed by atoms with E-state index in [0.717, 1.165) is 50.3 Å². The number of nitrogens with one attached hydrogen (secondary N) is 1. The SMILES string of the molecule is COCc1ccccc1CNC(=O)N1CCN(CCc2ccccc2)CC1. The van der Waals surface area contributed by atoms with Crippen molar-refractivity contribution < 1.29 is 9.53 Å². The molecule has 0 bridgehead atoms. The number of urea groups is 1. The standard InChI is InChI=1S/C22H29N3O2/c1-27-18-21-10-6-5-9-20(21)17-23-22(26)25-15-13-24(14-16-25)12-11-19-7-3-2-4-8-19/h2-10H,11-18H2,1H3,(H,23,26). The maximum atomic E-state index is 12.5. The zero-order valence-corrected chi connectivity index (χ0v) is 16.1. The second-order valence-corrected chi connectivity index (χ2v) is 6.92. The molecule has 1 N–H and O–H groups in total. The largest absolute Gasteiger partial charge is 0.380 e. The second-order valence-electron chi connectivity index (χ2n) is 6.92. The Hall–Kier alpha value is -2.37. The van der Waals surface area contributed by atoms with Crippen molar-refractivity contribution in [1.82, 2.24) is 15.1 Å². The molecule has 2 aromatic rings. The van der Waals surface area contributed by atoms with Gasteiger partial charge in [0, 0.05) is 46.4 Å². The average molecular weight is 367 g/mol. The number of hydrogen-bond acceptors (Lipinski definition) is 3. The van der Waals surface area contributed by atoms with Crippen molar-refractivity contribution in [3.05, 3.63) is 71.3 Å². The number of hydrogen-bond donors (Lipinski definition) is 1. The summed E-state index contributed by atoms with van der Waals surface area (Å²) < 4.78 is 5.23. The van der Waals surface area contributed by atoms with Crippen molar-refractivity contribution in [2.45, 2.75) is 19.6 Å². The van der Waals surface area contributed by atoms with E-state index < -0.39 is 0 Å². The Labute approximate surface area is 161 Å². The van der Waals surface area contributed by atoms with E-state index in [1.807, 2.05) is 29.2 Å². The van der Waals surface area contributed by atoms with Gasteiger partial charge in [-0.1, -0.05) is 54.6 Å². The van der Waals surface area contributed by atoms with Crippen molar-refractivity contribution in [2.75, 3.05) is 39.8 Å². The van der Waals surface area contributed by atoms with Crippen LogP contribution in [0.1, 0.15) is 16.7 Å². The number of benzene rings is 2. The molecule has 1 fully saturated rings. The molecular weight excluding hydrogens is 338 g/mol. The number of piperazine rings is 1. The van der Waals surface area contributed by atoms with Crippen molar-refractivity contribution >= 4 is 6.03 Å². The molecule has 0 unspecified atom stereocenters. The zero-order valence-electron chi connectivity index (χ0n) is 16.1. The number of methoxy groups -OCH3 is 1. The maximum Gasteiger partial charge on any atom is 0.317 e. The zero-order chi connectivity index (χ0) is 18.9. The molecule has 5 nitrogen and oxygen atoms in total. The van der Waals surface area contributed by atoms with Crippen LogP contribution in [-0.4, -0.2) is 55.7 Å². The number of ether oxygens (including phenoxy) is 1. The van der Waals surface area contributed by atoms with E-state index in [4.69, 9.17) is 4.74 Å². The predicted molar refractivity (Wildman–Crippen MR) is 108 cm³/mol. The van der Waals surface area contributed by atoms with Gasteiger partial charge in [-0.3, -0.25) is 4.90 Å². The van der Waals surface area contributed by atoms with Gasteiger partial charge in [-0.25, -0.2) is 4.79 Å². The summed E-state index contributed by atoms with van der Waals surface area (Å²) in [6.45, 7) is 5.56. The lowest BCUT2D eigenvalue weighted by molar-refractivity contribution is 0.139. The van der Waals surface area contributed by atoms with Crippen LogP contribution in [0.4, 0.5) is 4.79 Å². The van der Waals surface area contributed by atoms with E-state index in [0.29, 0.717) is 13.2 Å². The maximum absolute atomic E-state index is 12.5. The third-order valence-electron chi connectivity index (χ3n) is 5.07. The molecule has 1 saturated heterocycles.